The van der Waals surface area contributed by atoms with E-state index in [1.54, 1.807) is 6.92 Å². The number of rotatable bonds is 3. The zero-order valence-corrected chi connectivity index (χ0v) is 26.0. The number of nitrogens with one attached hydrogen (secondary N) is 1. The van der Waals surface area contributed by atoms with Crippen LogP contribution in [0.25, 0.3) is 10.9 Å². The van der Waals surface area contributed by atoms with Crippen LogP contribution in [-0.2, 0) is 25.5 Å². The van der Waals surface area contributed by atoms with Crippen molar-refractivity contribution < 1.29 is 33.3 Å². The van der Waals surface area contributed by atoms with Crippen LogP contribution < -0.4 is 14.8 Å². The van der Waals surface area contributed by atoms with Crippen molar-refractivity contribution in [1.82, 2.24) is 20.1 Å². The Kier molecular flexibility index (Phi) is 9.11. The molecule has 0 radical (unpaired) electrons. The van der Waals surface area contributed by atoms with Crippen LogP contribution in [0.3, 0.4) is 0 Å². The number of piperidine rings is 1. The lowest BCUT2D eigenvalue weighted by Gasteiger charge is -2.31. The number of carbonyl (C=O) groups is 3. The fraction of sp³-hybridized carbons (Fsp3) is 0.636. The van der Waals surface area contributed by atoms with Gasteiger partial charge in [0, 0.05) is 24.9 Å². The van der Waals surface area contributed by atoms with E-state index in [0.717, 1.165) is 86.7 Å². The van der Waals surface area contributed by atoms with Gasteiger partial charge in [0.1, 0.15) is 36.1 Å². The molecule has 5 atom stereocenters. The zero-order chi connectivity index (χ0) is 30.8. The van der Waals surface area contributed by atoms with E-state index in [4.69, 9.17) is 23.9 Å². The number of nitrogens with zero attached hydrogens (tertiary/aromatic N) is 3. The zero-order valence-electron chi connectivity index (χ0n) is 26.0. The van der Waals surface area contributed by atoms with E-state index in [9.17, 15) is 14.4 Å². The second kappa shape index (κ2) is 13.2. The first-order valence-electron chi connectivity index (χ1n) is 16.1. The molecule has 238 valence electrons. The molecule has 2 saturated heterocycles. The van der Waals surface area contributed by atoms with Crippen LogP contribution in [0.1, 0.15) is 63.9 Å². The second-order valence-corrected chi connectivity index (χ2v) is 12.8. The van der Waals surface area contributed by atoms with Crippen molar-refractivity contribution >= 4 is 28.9 Å². The van der Waals surface area contributed by atoms with Crippen LogP contribution in [-0.4, -0.2) is 96.9 Å². The van der Waals surface area contributed by atoms with E-state index >= 15 is 0 Å². The maximum atomic E-state index is 13.5. The first-order valence-corrected chi connectivity index (χ1v) is 16.1. The maximum Gasteiger partial charge on any atom is 0.408 e. The van der Waals surface area contributed by atoms with E-state index in [0.29, 0.717) is 11.8 Å². The minimum atomic E-state index is -0.881. The Morgan fingerprint density at radius 3 is 2.64 bits per heavy atom. The SMILES string of the molecule is COC(=O)[C@@H]1C[C@@H]2CN1C(=O)[C@H](C)NC(=O)O[C@@H]1C[C@H]1CCCCCc1c(nc3ccccc3c1OC1CCN(C)CC1)O2. The third-order valence-corrected chi connectivity index (χ3v) is 9.47. The number of ether oxygens (including phenoxy) is 4. The van der Waals surface area contributed by atoms with Gasteiger partial charge in [-0.2, -0.15) is 0 Å². The largest absolute Gasteiger partial charge is 0.489 e. The highest BCUT2D eigenvalue weighted by Crippen LogP contribution is 2.40. The third kappa shape index (κ3) is 6.72. The summed E-state index contributed by atoms with van der Waals surface area (Å²) in [5, 5.41) is 3.63. The predicted octanol–water partition coefficient (Wildman–Crippen LogP) is 3.85. The molecule has 44 heavy (non-hydrogen) atoms. The number of fused-ring (bicyclic) bond motifs is 5. The quantitative estimate of drug-likeness (QED) is 0.518. The Morgan fingerprint density at radius 1 is 1.05 bits per heavy atom. The summed E-state index contributed by atoms with van der Waals surface area (Å²) in [6.45, 7) is 3.73. The number of para-hydroxylation sites is 1. The van der Waals surface area contributed by atoms with Crippen molar-refractivity contribution in [3.05, 3.63) is 29.8 Å². The number of hydrogen-bond donors (Lipinski definition) is 1. The highest BCUT2D eigenvalue weighted by atomic mass is 16.6. The van der Waals surface area contributed by atoms with Crippen molar-refractivity contribution in [1.29, 1.82) is 0 Å². The van der Waals surface area contributed by atoms with Gasteiger partial charge >= 0.3 is 12.1 Å². The summed E-state index contributed by atoms with van der Waals surface area (Å²) in [7, 11) is 3.45. The smallest absolute Gasteiger partial charge is 0.408 e. The predicted molar refractivity (Wildman–Crippen MR) is 163 cm³/mol. The van der Waals surface area contributed by atoms with Gasteiger partial charge in [-0.25, -0.2) is 14.6 Å². The molecule has 6 rings (SSSR count). The van der Waals surface area contributed by atoms with E-state index in [1.165, 1.54) is 12.0 Å². The number of alkyl carbamates (subject to hydrolysis) is 1. The first-order chi connectivity index (χ1) is 21.3. The minimum Gasteiger partial charge on any atom is -0.489 e. The van der Waals surface area contributed by atoms with Crippen molar-refractivity contribution in [2.24, 2.45) is 5.92 Å². The number of hydrogen-bond acceptors (Lipinski definition) is 9. The molecule has 1 N–H and O–H groups in total. The molecule has 2 amide bonds. The molecule has 3 fully saturated rings. The molecule has 1 aliphatic carbocycles. The number of benzene rings is 1. The van der Waals surface area contributed by atoms with Gasteiger partial charge in [-0.05, 0) is 70.5 Å². The van der Waals surface area contributed by atoms with Crippen molar-refractivity contribution in [2.45, 2.75) is 95.1 Å². The van der Waals surface area contributed by atoms with E-state index < -0.39 is 36.2 Å². The molecule has 1 saturated carbocycles. The molecular weight excluding hydrogens is 564 g/mol. The Labute approximate surface area is 258 Å². The number of amides is 2. The molecule has 2 bridgehead atoms. The van der Waals surface area contributed by atoms with Crippen molar-refractivity contribution in [3.63, 3.8) is 0 Å². The van der Waals surface area contributed by atoms with Gasteiger partial charge in [-0.3, -0.25) is 4.79 Å². The fourth-order valence-corrected chi connectivity index (χ4v) is 6.78. The highest BCUT2D eigenvalue weighted by molar-refractivity contribution is 5.90. The molecule has 4 aliphatic rings. The highest BCUT2D eigenvalue weighted by Gasteiger charge is 2.44. The van der Waals surface area contributed by atoms with Gasteiger partial charge in [-0.15, -0.1) is 0 Å². The first kappa shape index (κ1) is 30.4. The number of aromatic nitrogens is 1. The summed E-state index contributed by atoms with van der Waals surface area (Å²) in [6, 6.07) is 6.27. The number of methoxy groups -OCH3 is 1. The molecule has 11 nitrogen and oxygen atoms in total. The molecule has 3 aliphatic heterocycles. The molecule has 1 aromatic carbocycles. The van der Waals surface area contributed by atoms with E-state index in [-0.39, 0.29) is 25.2 Å². The van der Waals surface area contributed by atoms with Crippen LogP contribution in [0.4, 0.5) is 4.79 Å². The number of esters is 1. The van der Waals surface area contributed by atoms with Crippen LogP contribution in [0.15, 0.2) is 24.3 Å². The van der Waals surface area contributed by atoms with Crippen LogP contribution in [0, 0.1) is 5.92 Å². The fourth-order valence-electron chi connectivity index (χ4n) is 6.78. The van der Waals surface area contributed by atoms with Gasteiger partial charge in [-0.1, -0.05) is 25.0 Å². The Hall–Kier alpha value is -3.60. The van der Waals surface area contributed by atoms with Crippen LogP contribution in [0.5, 0.6) is 11.6 Å². The van der Waals surface area contributed by atoms with E-state index in [2.05, 4.69) is 23.3 Å². The average molecular weight is 609 g/mol. The molecule has 11 heteroatoms. The lowest BCUT2D eigenvalue weighted by atomic mass is 10.0. The standard InChI is InChI=1S/C33H44N4O7/c1-20-31(38)37-19-23(18-27(37)32(39)41-3)43-30-25(11-6-4-5-9-21-17-28(21)44-33(40)34-20)29(24-10-7-8-12-26(24)35-30)42-22-13-15-36(2)16-14-22/h7-8,10,12,20-23,27-28H,4-6,9,11,13-19H2,1-3H3,(H,34,40)/t20-,21+,23+,27-,28+/m0/s1. The van der Waals surface area contributed by atoms with Gasteiger partial charge in [0.25, 0.3) is 0 Å². The lowest BCUT2D eigenvalue weighted by molar-refractivity contribution is -0.151. The van der Waals surface area contributed by atoms with Gasteiger partial charge in [0.05, 0.1) is 24.7 Å². The normalized spacial score (nSPS) is 28.9. The number of pyridine rings is 1. The van der Waals surface area contributed by atoms with Crippen LogP contribution >= 0.6 is 0 Å². The second-order valence-electron chi connectivity index (χ2n) is 12.8. The summed E-state index contributed by atoms with van der Waals surface area (Å²) in [6.07, 6.45) is 6.55. The topological polar surface area (TPSA) is 120 Å². The number of likely N-dealkylation sites (tertiary alicyclic amines) is 1. The molecule has 0 unspecified atom stereocenters. The molecule has 4 heterocycles. The average Bonchev–Trinajstić information content (AvgIpc) is 3.61. The van der Waals surface area contributed by atoms with Gasteiger partial charge in [0.15, 0.2) is 0 Å². The lowest BCUT2D eigenvalue weighted by Crippen LogP contribution is -2.51. The maximum absolute atomic E-state index is 13.5. The molecule has 0 spiro atoms. The minimum absolute atomic E-state index is 0.0981. The summed E-state index contributed by atoms with van der Waals surface area (Å²) in [5.41, 5.74) is 1.72. The summed E-state index contributed by atoms with van der Waals surface area (Å²) in [5.74, 6) is 0.752. The van der Waals surface area contributed by atoms with Gasteiger partial charge in [0.2, 0.25) is 11.8 Å². The Balaban J connectivity index is 1.34. The molecular formula is C33H44N4O7. The Bertz CT molecular complexity index is 1380. The monoisotopic (exact) mass is 608 g/mol. The third-order valence-electron chi connectivity index (χ3n) is 9.47. The Morgan fingerprint density at radius 2 is 1.84 bits per heavy atom. The molecule has 2 aromatic rings. The van der Waals surface area contributed by atoms with Crippen molar-refractivity contribution in [2.75, 3.05) is 33.8 Å². The van der Waals surface area contributed by atoms with Crippen molar-refractivity contribution in [3.8, 4) is 11.6 Å². The summed E-state index contributed by atoms with van der Waals surface area (Å²) >= 11 is 0. The number of carbonyl (C=O) groups excluding carboxylic acids is 3. The van der Waals surface area contributed by atoms with Gasteiger partial charge < -0.3 is 34.1 Å². The van der Waals surface area contributed by atoms with E-state index in [1.807, 2.05) is 18.2 Å². The summed E-state index contributed by atoms with van der Waals surface area (Å²) in [4.78, 5) is 47.7. The van der Waals surface area contributed by atoms with Crippen LogP contribution in [0.2, 0.25) is 0 Å². The molecule has 1 aromatic heterocycles. The summed E-state index contributed by atoms with van der Waals surface area (Å²) < 4.78 is 24.1.